The molecule has 0 aromatic rings. The van der Waals surface area contributed by atoms with Gasteiger partial charge in [-0.2, -0.15) is 0 Å². The number of hydrogen-bond acceptors (Lipinski definition) is 4. The van der Waals surface area contributed by atoms with E-state index in [9.17, 15) is 20.4 Å². The minimum absolute atomic E-state index is 0.0116. The highest BCUT2D eigenvalue weighted by atomic mass is 16.3. The Kier molecular flexibility index (Phi) is 3.83. The van der Waals surface area contributed by atoms with Gasteiger partial charge in [-0.15, -0.1) is 0 Å². The van der Waals surface area contributed by atoms with Crippen LogP contribution in [-0.2, 0) is 0 Å². The van der Waals surface area contributed by atoms with Crippen molar-refractivity contribution >= 4 is 0 Å². The van der Waals surface area contributed by atoms with E-state index >= 15 is 0 Å². The van der Waals surface area contributed by atoms with Gasteiger partial charge in [-0.1, -0.05) is 13.8 Å². The topological polar surface area (TPSA) is 80.9 Å². The van der Waals surface area contributed by atoms with Crippen LogP contribution in [0.4, 0.5) is 0 Å². The van der Waals surface area contributed by atoms with Crippen LogP contribution in [0.15, 0.2) is 11.8 Å². The summed E-state index contributed by atoms with van der Waals surface area (Å²) in [6.07, 6.45) is 6.00. The third kappa shape index (κ3) is 2.02. The lowest BCUT2D eigenvalue weighted by atomic mass is 9.43. The van der Waals surface area contributed by atoms with Crippen LogP contribution in [0.3, 0.4) is 0 Å². The minimum Gasteiger partial charge on any atom is -0.516 e. The van der Waals surface area contributed by atoms with Crippen LogP contribution >= 0.6 is 0 Å². The van der Waals surface area contributed by atoms with Crippen LogP contribution in [0.1, 0.15) is 58.8 Å². The number of hydrogen-bond donors (Lipinski definition) is 4. The quantitative estimate of drug-likeness (QED) is 0.513. The molecule has 0 aromatic carbocycles. The Morgan fingerprint density at radius 3 is 2.29 bits per heavy atom. The lowest BCUT2D eigenvalue weighted by molar-refractivity contribution is -0.157. The highest BCUT2D eigenvalue weighted by Gasteiger charge is 2.62. The summed E-state index contributed by atoms with van der Waals surface area (Å²) in [6, 6.07) is 0. The van der Waals surface area contributed by atoms with Crippen LogP contribution in [0.25, 0.3) is 0 Å². The first-order valence-corrected chi connectivity index (χ1v) is 9.70. The van der Waals surface area contributed by atoms with Crippen molar-refractivity contribution in [3.63, 3.8) is 0 Å². The molecule has 0 bridgehead atoms. The fourth-order valence-electron chi connectivity index (χ4n) is 7.35. The van der Waals surface area contributed by atoms with E-state index in [2.05, 4.69) is 13.8 Å². The van der Waals surface area contributed by atoms with Crippen LogP contribution in [0.2, 0.25) is 0 Å². The van der Waals surface area contributed by atoms with Gasteiger partial charge in [0, 0.05) is 5.92 Å². The molecule has 0 aromatic heterocycles. The molecule has 4 rings (SSSR count). The molecule has 4 heteroatoms. The van der Waals surface area contributed by atoms with E-state index in [-0.39, 0.29) is 22.9 Å². The molecule has 0 saturated heterocycles. The normalized spacial score (nSPS) is 58.9. The van der Waals surface area contributed by atoms with E-state index in [4.69, 9.17) is 0 Å². The Labute approximate surface area is 144 Å². The van der Waals surface area contributed by atoms with Crippen molar-refractivity contribution in [1.29, 1.82) is 0 Å². The molecular weight excluding hydrogens is 304 g/mol. The number of fused-ring (bicyclic) bond motifs is 5. The Morgan fingerprint density at radius 1 is 0.917 bits per heavy atom. The summed E-state index contributed by atoms with van der Waals surface area (Å²) in [7, 11) is 0. The molecule has 0 heterocycles. The second-order valence-electron chi connectivity index (χ2n) is 9.50. The van der Waals surface area contributed by atoms with Gasteiger partial charge >= 0.3 is 0 Å². The van der Waals surface area contributed by atoms with Gasteiger partial charge < -0.3 is 20.4 Å². The molecule has 4 aliphatic rings. The molecule has 4 N–H and O–H groups in total. The van der Waals surface area contributed by atoms with Crippen molar-refractivity contribution in [3.8, 4) is 0 Å². The summed E-state index contributed by atoms with van der Waals surface area (Å²) in [6.45, 7) is 4.52. The molecule has 9 atom stereocenters. The molecule has 24 heavy (non-hydrogen) atoms. The summed E-state index contributed by atoms with van der Waals surface area (Å²) >= 11 is 0. The predicted molar refractivity (Wildman–Crippen MR) is 91.2 cm³/mol. The summed E-state index contributed by atoms with van der Waals surface area (Å²) in [5, 5.41) is 41.3. The van der Waals surface area contributed by atoms with Crippen molar-refractivity contribution in [3.05, 3.63) is 11.8 Å². The smallest absolute Gasteiger partial charge is 0.0870 e. The fraction of sp³-hybridized carbons (Fsp3) is 0.900. The van der Waals surface area contributed by atoms with E-state index in [1.54, 1.807) is 0 Å². The van der Waals surface area contributed by atoms with Crippen LogP contribution in [0, 0.1) is 34.5 Å². The molecule has 0 aliphatic heterocycles. The van der Waals surface area contributed by atoms with Crippen LogP contribution in [0.5, 0.6) is 0 Å². The standard InChI is InChI=1S/C20H32O4/c1-19-7-5-14-12(13(19)3-4-16(19)23)9-11(10-21)17-18(24)15(22)6-8-20(14,17)2/h10,12-18,21-24H,3-9H2,1-2H3/t12-,13-,14-,15-,16-,17-,18?,19-,20+/m0/s1. The van der Waals surface area contributed by atoms with Gasteiger partial charge in [0.05, 0.1) is 24.6 Å². The summed E-state index contributed by atoms with van der Waals surface area (Å²) in [5.74, 6) is 1.35. The van der Waals surface area contributed by atoms with Crippen LogP contribution in [-0.4, -0.2) is 38.7 Å². The first-order chi connectivity index (χ1) is 11.3. The monoisotopic (exact) mass is 336 g/mol. The third-order valence-corrected chi connectivity index (χ3v) is 8.70. The van der Waals surface area contributed by atoms with Gasteiger partial charge in [0.25, 0.3) is 0 Å². The van der Waals surface area contributed by atoms with E-state index in [0.29, 0.717) is 24.2 Å². The molecule has 4 saturated carbocycles. The van der Waals surface area contributed by atoms with Crippen molar-refractivity contribution in [2.75, 3.05) is 0 Å². The predicted octanol–water partition coefficient (Wildman–Crippen LogP) is 2.77. The van der Waals surface area contributed by atoms with Gasteiger partial charge in [0.1, 0.15) is 0 Å². The SMILES string of the molecule is C[C@]12CC[C@H](O)C(O)[C@@H]1C(=CO)C[C@@H]1[C@@H]2CC[C@]2(C)[C@@H](O)CC[C@@H]12. The Hall–Kier alpha value is -0.580. The number of aliphatic hydroxyl groups is 4. The number of rotatable bonds is 0. The van der Waals surface area contributed by atoms with Gasteiger partial charge in [-0.25, -0.2) is 0 Å². The van der Waals surface area contributed by atoms with E-state index in [1.807, 2.05) is 0 Å². The highest BCUT2D eigenvalue weighted by Crippen LogP contribution is 2.67. The summed E-state index contributed by atoms with van der Waals surface area (Å²) < 4.78 is 0. The molecule has 0 amide bonds. The maximum atomic E-state index is 10.7. The largest absolute Gasteiger partial charge is 0.516 e. The first kappa shape index (κ1) is 16.9. The summed E-state index contributed by atoms with van der Waals surface area (Å²) in [5.41, 5.74) is 0.860. The maximum Gasteiger partial charge on any atom is 0.0870 e. The molecule has 1 unspecified atom stereocenters. The Bertz CT molecular complexity index is 546. The zero-order valence-electron chi connectivity index (χ0n) is 14.9. The number of aliphatic hydroxyl groups excluding tert-OH is 4. The molecule has 0 spiro atoms. The van der Waals surface area contributed by atoms with Crippen LogP contribution < -0.4 is 0 Å². The second-order valence-corrected chi connectivity index (χ2v) is 9.50. The average Bonchev–Trinajstić information content (AvgIpc) is 2.86. The maximum absolute atomic E-state index is 10.7. The van der Waals surface area contributed by atoms with Gasteiger partial charge in [-0.3, -0.25) is 0 Å². The zero-order chi connectivity index (χ0) is 17.3. The molecule has 4 fully saturated rings. The first-order valence-electron chi connectivity index (χ1n) is 9.70. The summed E-state index contributed by atoms with van der Waals surface area (Å²) in [4.78, 5) is 0. The molecule has 4 nitrogen and oxygen atoms in total. The van der Waals surface area contributed by atoms with E-state index in [0.717, 1.165) is 44.1 Å². The minimum atomic E-state index is -0.773. The van der Waals surface area contributed by atoms with E-state index in [1.165, 1.54) is 6.26 Å². The van der Waals surface area contributed by atoms with Crippen molar-refractivity contribution in [1.82, 2.24) is 0 Å². The van der Waals surface area contributed by atoms with Crippen molar-refractivity contribution < 1.29 is 20.4 Å². The molecule has 136 valence electrons. The molecule has 4 aliphatic carbocycles. The fourth-order valence-corrected chi connectivity index (χ4v) is 7.35. The van der Waals surface area contributed by atoms with Crippen molar-refractivity contribution in [2.45, 2.75) is 77.1 Å². The van der Waals surface area contributed by atoms with Gasteiger partial charge in [0.2, 0.25) is 0 Å². The average molecular weight is 336 g/mol. The molecular formula is C20H32O4. The second kappa shape index (κ2) is 5.46. The highest BCUT2D eigenvalue weighted by molar-refractivity contribution is 5.23. The Balaban J connectivity index is 1.73. The van der Waals surface area contributed by atoms with Gasteiger partial charge in [-0.05, 0) is 79.1 Å². The lowest BCUT2D eigenvalue weighted by Crippen LogP contribution is -2.59. The zero-order valence-corrected chi connectivity index (χ0v) is 14.9. The van der Waals surface area contributed by atoms with Crippen molar-refractivity contribution in [2.24, 2.45) is 34.5 Å². The third-order valence-electron chi connectivity index (χ3n) is 8.70. The molecule has 0 radical (unpaired) electrons. The van der Waals surface area contributed by atoms with Gasteiger partial charge in [0.15, 0.2) is 0 Å². The lowest BCUT2D eigenvalue weighted by Gasteiger charge is -2.62. The van der Waals surface area contributed by atoms with E-state index < -0.39 is 12.2 Å². The Morgan fingerprint density at radius 2 is 1.58 bits per heavy atom.